The Kier molecular flexibility index (Phi) is 6.03. The van der Waals surface area contributed by atoms with Crippen molar-refractivity contribution in [3.8, 4) is 0 Å². The largest absolute Gasteiger partial charge is 0.350 e. The van der Waals surface area contributed by atoms with E-state index < -0.39 is 5.54 Å². The van der Waals surface area contributed by atoms with E-state index in [2.05, 4.69) is 10.2 Å². The lowest BCUT2D eigenvalue weighted by atomic mass is 9.81. The molecule has 1 aliphatic heterocycles. The lowest BCUT2D eigenvalue weighted by molar-refractivity contribution is -0.137. The van der Waals surface area contributed by atoms with Crippen molar-refractivity contribution in [2.75, 3.05) is 27.7 Å². The molecule has 1 saturated heterocycles. The summed E-state index contributed by atoms with van der Waals surface area (Å²) in [7, 11) is 5.68. The van der Waals surface area contributed by atoms with Gasteiger partial charge in [0.1, 0.15) is 12.1 Å². The summed E-state index contributed by atoms with van der Waals surface area (Å²) in [4.78, 5) is 42.8. The maximum absolute atomic E-state index is 13.0. The van der Waals surface area contributed by atoms with E-state index in [1.54, 1.807) is 11.9 Å². The van der Waals surface area contributed by atoms with E-state index in [0.717, 1.165) is 41.8 Å². The lowest BCUT2D eigenvalue weighted by Crippen LogP contribution is -2.49. The molecule has 0 aromatic heterocycles. The van der Waals surface area contributed by atoms with E-state index in [9.17, 15) is 14.4 Å². The summed E-state index contributed by atoms with van der Waals surface area (Å²) in [6, 6.07) is 7.57. The number of hydrogen-bond donors (Lipinski definition) is 1. The van der Waals surface area contributed by atoms with Crippen molar-refractivity contribution in [1.29, 1.82) is 0 Å². The standard InChI is InChI=1S/C21H30N4O3/c1-23(2)14-17-10-6-5-9-16(17)13-22-18(26)15-25-19(27)21(24(3)20(25)28)11-7-4-8-12-21/h5-6,9-10H,4,7-8,11-15H2,1-3H3,(H,22,26). The molecular weight excluding hydrogens is 356 g/mol. The van der Waals surface area contributed by atoms with Crippen LogP contribution in [0, 0.1) is 0 Å². The van der Waals surface area contributed by atoms with Crippen molar-refractivity contribution >= 4 is 17.8 Å². The van der Waals surface area contributed by atoms with E-state index in [1.807, 2.05) is 38.4 Å². The number of urea groups is 1. The number of nitrogens with one attached hydrogen (secondary N) is 1. The fourth-order valence-electron chi connectivity index (χ4n) is 4.29. The maximum atomic E-state index is 13.0. The summed E-state index contributed by atoms with van der Waals surface area (Å²) in [5.41, 5.74) is 1.43. The van der Waals surface area contributed by atoms with Gasteiger partial charge in [-0.25, -0.2) is 4.79 Å². The summed E-state index contributed by atoms with van der Waals surface area (Å²) in [5.74, 6) is -0.537. The van der Waals surface area contributed by atoms with Gasteiger partial charge in [-0.05, 0) is 38.1 Å². The van der Waals surface area contributed by atoms with Gasteiger partial charge in [0, 0.05) is 20.1 Å². The predicted molar refractivity (Wildman–Crippen MR) is 106 cm³/mol. The zero-order chi connectivity index (χ0) is 20.3. The smallest absolute Gasteiger partial charge is 0.327 e. The molecule has 1 spiro atoms. The van der Waals surface area contributed by atoms with Crippen molar-refractivity contribution in [3.05, 3.63) is 35.4 Å². The minimum Gasteiger partial charge on any atom is -0.350 e. The Balaban J connectivity index is 1.63. The first-order chi connectivity index (χ1) is 13.3. The Bertz CT molecular complexity index is 756. The van der Waals surface area contributed by atoms with E-state index in [0.29, 0.717) is 19.4 Å². The molecule has 7 heteroatoms. The third-order valence-corrected chi connectivity index (χ3v) is 5.87. The average Bonchev–Trinajstić information content (AvgIpc) is 2.84. The van der Waals surface area contributed by atoms with Crippen molar-refractivity contribution in [3.63, 3.8) is 0 Å². The Morgan fingerprint density at radius 3 is 2.39 bits per heavy atom. The van der Waals surface area contributed by atoms with Gasteiger partial charge in [-0.1, -0.05) is 43.5 Å². The maximum Gasteiger partial charge on any atom is 0.327 e. The number of nitrogens with zero attached hydrogens (tertiary/aromatic N) is 3. The van der Waals surface area contributed by atoms with E-state index in [1.165, 1.54) is 0 Å². The number of hydrogen-bond acceptors (Lipinski definition) is 4. The van der Waals surface area contributed by atoms with Gasteiger partial charge in [-0.2, -0.15) is 0 Å². The summed E-state index contributed by atoms with van der Waals surface area (Å²) < 4.78 is 0. The van der Waals surface area contributed by atoms with Crippen LogP contribution in [0.15, 0.2) is 24.3 Å². The Morgan fingerprint density at radius 2 is 1.75 bits per heavy atom. The van der Waals surface area contributed by atoms with Crippen LogP contribution in [0.3, 0.4) is 0 Å². The minimum absolute atomic E-state index is 0.220. The van der Waals surface area contributed by atoms with Crippen LogP contribution < -0.4 is 5.32 Å². The number of carbonyl (C=O) groups excluding carboxylic acids is 3. The summed E-state index contributed by atoms with van der Waals surface area (Å²) in [6.45, 7) is 0.933. The molecule has 3 rings (SSSR count). The minimum atomic E-state index is -0.742. The molecule has 0 bridgehead atoms. The fraction of sp³-hybridized carbons (Fsp3) is 0.571. The van der Waals surface area contributed by atoms with E-state index in [-0.39, 0.29) is 24.4 Å². The number of benzene rings is 1. The highest BCUT2D eigenvalue weighted by atomic mass is 16.2. The molecule has 0 atom stereocenters. The Labute approximate surface area is 166 Å². The number of likely N-dealkylation sites (N-methyl/N-ethyl adjacent to an activating group) is 1. The molecule has 1 aromatic carbocycles. The highest BCUT2D eigenvalue weighted by molar-refractivity contribution is 6.08. The molecule has 1 N–H and O–H groups in total. The Morgan fingerprint density at radius 1 is 1.11 bits per heavy atom. The second-order valence-electron chi connectivity index (χ2n) is 8.11. The zero-order valence-corrected chi connectivity index (χ0v) is 17.0. The van der Waals surface area contributed by atoms with Crippen LogP contribution in [0.4, 0.5) is 4.79 Å². The van der Waals surface area contributed by atoms with Gasteiger partial charge in [0.2, 0.25) is 5.91 Å². The van der Waals surface area contributed by atoms with Gasteiger partial charge in [0.15, 0.2) is 0 Å². The SMILES string of the molecule is CN(C)Cc1ccccc1CNC(=O)CN1C(=O)N(C)C2(CCCCC2)C1=O. The molecule has 1 aliphatic carbocycles. The van der Waals surface area contributed by atoms with Gasteiger partial charge in [0.25, 0.3) is 5.91 Å². The summed E-state index contributed by atoms with van der Waals surface area (Å²) in [5, 5.41) is 2.86. The average molecular weight is 386 g/mol. The van der Waals surface area contributed by atoms with Gasteiger partial charge >= 0.3 is 6.03 Å². The van der Waals surface area contributed by atoms with Crippen LogP contribution in [0.2, 0.25) is 0 Å². The predicted octanol–water partition coefficient (Wildman–Crippen LogP) is 1.96. The van der Waals surface area contributed by atoms with E-state index in [4.69, 9.17) is 0 Å². The number of imide groups is 1. The van der Waals surface area contributed by atoms with Gasteiger partial charge in [-0.3, -0.25) is 14.5 Å². The van der Waals surface area contributed by atoms with Crippen LogP contribution >= 0.6 is 0 Å². The quantitative estimate of drug-likeness (QED) is 0.759. The molecule has 4 amide bonds. The van der Waals surface area contributed by atoms with Gasteiger partial charge < -0.3 is 15.1 Å². The third-order valence-electron chi connectivity index (χ3n) is 5.87. The fourth-order valence-corrected chi connectivity index (χ4v) is 4.29. The number of amides is 4. The second-order valence-corrected chi connectivity index (χ2v) is 8.11. The van der Waals surface area contributed by atoms with E-state index >= 15 is 0 Å². The molecule has 1 aromatic rings. The summed E-state index contributed by atoms with van der Waals surface area (Å²) in [6.07, 6.45) is 4.33. The van der Waals surface area contributed by atoms with Crippen molar-refractivity contribution < 1.29 is 14.4 Å². The molecular formula is C21H30N4O3. The van der Waals surface area contributed by atoms with Gasteiger partial charge in [0.05, 0.1) is 0 Å². The van der Waals surface area contributed by atoms with Crippen LogP contribution in [0.5, 0.6) is 0 Å². The first-order valence-corrected chi connectivity index (χ1v) is 9.93. The third kappa shape index (κ3) is 3.90. The monoisotopic (exact) mass is 386 g/mol. The summed E-state index contributed by atoms with van der Waals surface area (Å²) >= 11 is 0. The molecule has 2 fully saturated rings. The highest BCUT2D eigenvalue weighted by Gasteiger charge is 2.55. The second kappa shape index (κ2) is 8.31. The molecule has 7 nitrogen and oxygen atoms in total. The first kappa shape index (κ1) is 20.3. The molecule has 1 saturated carbocycles. The Hall–Kier alpha value is -2.41. The lowest BCUT2D eigenvalue weighted by Gasteiger charge is -2.35. The molecule has 2 aliphatic rings. The molecule has 1 heterocycles. The van der Waals surface area contributed by atoms with Crippen molar-refractivity contribution in [2.45, 2.75) is 50.7 Å². The van der Waals surface area contributed by atoms with Crippen molar-refractivity contribution in [1.82, 2.24) is 20.0 Å². The number of rotatable bonds is 6. The number of carbonyl (C=O) groups is 3. The highest BCUT2D eigenvalue weighted by Crippen LogP contribution is 2.39. The normalized spacial score (nSPS) is 19.0. The molecule has 0 unspecified atom stereocenters. The zero-order valence-electron chi connectivity index (χ0n) is 17.0. The van der Waals surface area contributed by atoms with Crippen molar-refractivity contribution in [2.24, 2.45) is 0 Å². The van der Waals surface area contributed by atoms with Crippen LogP contribution in [0.1, 0.15) is 43.2 Å². The molecule has 28 heavy (non-hydrogen) atoms. The van der Waals surface area contributed by atoms with Gasteiger partial charge in [-0.15, -0.1) is 0 Å². The topological polar surface area (TPSA) is 73.0 Å². The molecule has 152 valence electrons. The van der Waals surface area contributed by atoms with Crippen LogP contribution in [0.25, 0.3) is 0 Å². The van der Waals surface area contributed by atoms with Crippen LogP contribution in [-0.4, -0.2) is 65.8 Å². The van der Waals surface area contributed by atoms with Crippen LogP contribution in [-0.2, 0) is 22.7 Å². The first-order valence-electron chi connectivity index (χ1n) is 9.93. The molecule has 0 radical (unpaired) electrons.